The molecule has 14 heavy (non-hydrogen) atoms. The molecule has 1 rings (SSSR count). The molecule has 1 aliphatic rings. The van der Waals surface area contributed by atoms with Gasteiger partial charge in [0.05, 0.1) is 18.1 Å². The Bertz CT molecular complexity index is 247. The average Bonchev–Trinajstić information content (AvgIpc) is 2.59. The van der Waals surface area contributed by atoms with Crippen LogP contribution in [0.25, 0.3) is 0 Å². The fourth-order valence-corrected chi connectivity index (χ4v) is 1.72. The number of carbonyl (C=O) groups excluding carboxylic acids is 1. The van der Waals surface area contributed by atoms with Crippen LogP contribution < -0.4 is 0 Å². The van der Waals surface area contributed by atoms with E-state index in [0.29, 0.717) is 13.2 Å². The van der Waals surface area contributed by atoms with Gasteiger partial charge in [-0.1, -0.05) is 0 Å². The molecule has 0 aromatic carbocycles. The van der Waals surface area contributed by atoms with Crippen molar-refractivity contribution in [2.24, 2.45) is 5.92 Å². The zero-order valence-electron chi connectivity index (χ0n) is 8.69. The molecule has 0 aromatic rings. The lowest BCUT2D eigenvalue weighted by Crippen LogP contribution is -2.38. The summed E-state index contributed by atoms with van der Waals surface area (Å²) in [5.74, 6) is 0.00218. The molecule has 1 amide bonds. The Hall–Kier alpha value is -1.08. The van der Waals surface area contributed by atoms with Gasteiger partial charge in [0.1, 0.15) is 6.54 Å². The molecule has 2 unspecified atom stereocenters. The van der Waals surface area contributed by atoms with Crippen LogP contribution in [0.4, 0.5) is 0 Å². The lowest BCUT2D eigenvalue weighted by molar-refractivity contribution is -0.136. The zero-order chi connectivity index (χ0) is 10.6. The highest BCUT2D eigenvalue weighted by Crippen LogP contribution is 2.22. The van der Waals surface area contributed by atoms with Gasteiger partial charge in [0.25, 0.3) is 0 Å². The SMILES string of the molecule is CCN(CC#N)C(=O)C1CCOC1C. The van der Waals surface area contributed by atoms with Gasteiger partial charge >= 0.3 is 0 Å². The van der Waals surface area contributed by atoms with E-state index in [9.17, 15) is 4.79 Å². The standard InChI is InChI=1S/C10H16N2O2/c1-3-12(6-5-11)10(13)9-4-7-14-8(9)2/h8-9H,3-4,6-7H2,1-2H3. The first kappa shape index (κ1) is 11.0. The van der Waals surface area contributed by atoms with Crippen molar-refractivity contribution in [3.05, 3.63) is 0 Å². The van der Waals surface area contributed by atoms with E-state index in [1.165, 1.54) is 0 Å². The highest BCUT2D eigenvalue weighted by molar-refractivity contribution is 5.79. The van der Waals surface area contributed by atoms with Gasteiger partial charge < -0.3 is 9.64 Å². The number of carbonyl (C=O) groups is 1. The molecule has 1 fully saturated rings. The van der Waals surface area contributed by atoms with E-state index >= 15 is 0 Å². The quantitative estimate of drug-likeness (QED) is 0.627. The van der Waals surface area contributed by atoms with Crippen molar-refractivity contribution in [2.45, 2.75) is 26.4 Å². The third-order valence-corrected chi connectivity index (χ3v) is 2.65. The number of nitriles is 1. The highest BCUT2D eigenvalue weighted by atomic mass is 16.5. The van der Waals surface area contributed by atoms with Crippen LogP contribution in [0.5, 0.6) is 0 Å². The van der Waals surface area contributed by atoms with Crippen LogP contribution >= 0.6 is 0 Å². The second-order valence-electron chi connectivity index (χ2n) is 3.48. The minimum atomic E-state index is -0.0525. The molecule has 0 aliphatic carbocycles. The molecule has 1 heterocycles. The molecule has 0 spiro atoms. The monoisotopic (exact) mass is 196 g/mol. The van der Waals surface area contributed by atoms with Gasteiger partial charge in [0.2, 0.25) is 5.91 Å². The summed E-state index contributed by atoms with van der Waals surface area (Å²) >= 11 is 0. The third kappa shape index (κ3) is 2.24. The van der Waals surface area contributed by atoms with Crippen LogP contribution in [0, 0.1) is 17.2 Å². The Morgan fingerprint density at radius 2 is 2.43 bits per heavy atom. The highest BCUT2D eigenvalue weighted by Gasteiger charge is 2.33. The number of hydrogen-bond donors (Lipinski definition) is 0. The molecule has 0 aromatic heterocycles. The number of amides is 1. The zero-order valence-corrected chi connectivity index (χ0v) is 8.69. The van der Waals surface area contributed by atoms with Crippen molar-refractivity contribution in [3.8, 4) is 6.07 Å². The summed E-state index contributed by atoms with van der Waals surface area (Å²) in [6.07, 6.45) is 0.775. The Kier molecular flexibility index (Phi) is 3.90. The van der Waals surface area contributed by atoms with E-state index in [1.807, 2.05) is 19.9 Å². The molecule has 2 atom stereocenters. The number of hydrogen-bond acceptors (Lipinski definition) is 3. The molecule has 78 valence electrons. The van der Waals surface area contributed by atoms with E-state index in [4.69, 9.17) is 10.00 Å². The van der Waals surface area contributed by atoms with Gasteiger partial charge in [-0.3, -0.25) is 4.79 Å². The third-order valence-electron chi connectivity index (χ3n) is 2.65. The van der Waals surface area contributed by atoms with Gasteiger partial charge in [-0.25, -0.2) is 0 Å². The number of nitrogens with zero attached hydrogens (tertiary/aromatic N) is 2. The van der Waals surface area contributed by atoms with E-state index in [2.05, 4.69) is 0 Å². The predicted octanol–water partition coefficient (Wildman–Crippen LogP) is 0.783. The minimum absolute atomic E-state index is 0.00440. The molecular weight excluding hydrogens is 180 g/mol. The smallest absolute Gasteiger partial charge is 0.229 e. The predicted molar refractivity (Wildman–Crippen MR) is 51.4 cm³/mol. The van der Waals surface area contributed by atoms with Crippen molar-refractivity contribution in [3.63, 3.8) is 0 Å². The first-order chi connectivity index (χ1) is 6.70. The van der Waals surface area contributed by atoms with E-state index in [0.717, 1.165) is 6.42 Å². The van der Waals surface area contributed by atoms with Gasteiger partial charge in [-0.15, -0.1) is 0 Å². The Morgan fingerprint density at radius 1 is 1.71 bits per heavy atom. The van der Waals surface area contributed by atoms with Crippen LogP contribution in [0.1, 0.15) is 20.3 Å². The van der Waals surface area contributed by atoms with Crippen LogP contribution in [-0.2, 0) is 9.53 Å². The summed E-state index contributed by atoms with van der Waals surface area (Å²) in [6.45, 7) is 5.22. The molecule has 4 nitrogen and oxygen atoms in total. The first-order valence-electron chi connectivity index (χ1n) is 4.98. The fourth-order valence-electron chi connectivity index (χ4n) is 1.72. The molecule has 0 saturated carbocycles. The molecule has 1 aliphatic heterocycles. The summed E-state index contributed by atoms with van der Waals surface area (Å²) < 4.78 is 5.33. The Morgan fingerprint density at radius 3 is 2.86 bits per heavy atom. The van der Waals surface area contributed by atoms with Gasteiger partial charge in [0, 0.05) is 13.2 Å². The van der Waals surface area contributed by atoms with Gasteiger partial charge in [-0.2, -0.15) is 5.26 Å². The summed E-state index contributed by atoms with van der Waals surface area (Å²) in [7, 11) is 0. The molecule has 0 N–H and O–H groups in total. The van der Waals surface area contributed by atoms with Crippen LogP contribution in [-0.4, -0.2) is 36.6 Å². The molecule has 4 heteroatoms. The molecule has 0 bridgehead atoms. The van der Waals surface area contributed by atoms with Gasteiger partial charge in [0.15, 0.2) is 0 Å². The maximum Gasteiger partial charge on any atom is 0.229 e. The second kappa shape index (κ2) is 4.97. The van der Waals surface area contributed by atoms with Crippen LogP contribution in [0.15, 0.2) is 0 Å². The summed E-state index contributed by atoms with van der Waals surface area (Å²) in [4.78, 5) is 13.5. The lowest BCUT2D eigenvalue weighted by atomic mass is 10.0. The fraction of sp³-hybridized carbons (Fsp3) is 0.800. The molecule has 1 saturated heterocycles. The number of rotatable bonds is 3. The van der Waals surface area contributed by atoms with Crippen LogP contribution in [0.3, 0.4) is 0 Å². The number of ether oxygens (including phenoxy) is 1. The van der Waals surface area contributed by atoms with Crippen LogP contribution in [0.2, 0.25) is 0 Å². The van der Waals surface area contributed by atoms with Crippen molar-refractivity contribution >= 4 is 5.91 Å². The maximum atomic E-state index is 11.9. The molecular formula is C10H16N2O2. The summed E-state index contributed by atoms with van der Waals surface area (Å²) in [5, 5.41) is 8.55. The van der Waals surface area contributed by atoms with Gasteiger partial charge in [-0.05, 0) is 20.3 Å². The minimum Gasteiger partial charge on any atom is -0.378 e. The largest absolute Gasteiger partial charge is 0.378 e. The van der Waals surface area contributed by atoms with Crippen molar-refractivity contribution in [1.29, 1.82) is 5.26 Å². The van der Waals surface area contributed by atoms with Crippen molar-refractivity contribution < 1.29 is 9.53 Å². The molecule has 0 radical (unpaired) electrons. The first-order valence-corrected chi connectivity index (χ1v) is 4.98. The topological polar surface area (TPSA) is 53.3 Å². The average molecular weight is 196 g/mol. The second-order valence-corrected chi connectivity index (χ2v) is 3.48. The summed E-state index contributed by atoms with van der Waals surface area (Å²) in [5.41, 5.74) is 0. The normalized spacial score (nSPS) is 25.8. The van der Waals surface area contributed by atoms with E-state index in [1.54, 1.807) is 4.90 Å². The lowest BCUT2D eigenvalue weighted by Gasteiger charge is -2.22. The van der Waals surface area contributed by atoms with E-state index in [-0.39, 0.29) is 24.5 Å². The Labute approximate surface area is 84.4 Å². The van der Waals surface area contributed by atoms with Crippen molar-refractivity contribution in [1.82, 2.24) is 4.90 Å². The Balaban J connectivity index is 2.58. The maximum absolute atomic E-state index is 11.9. The summed E-state index contributed by atoms with van der Waals surface area (Å²) in [6, 6.07) is 2.00. The van der Waals surface area contributed by atoms with E-state index < -0.39 is 0 Å². The van der Waals surface area contributed by atoms with Crippen molar-refractivity contribution in [2.75, 3.05) is 19.7 Å².